The van der Waals surface area contributed by atoms with Crippen LogP contribution in [0.3, 0.4) is 0 Å². The van der Waals surface area contributed by atoms with Crippen LogP contribution in [0.5, 0.6) is 0 Å². The van der Waals surface area contributed by atoms with Crippen LogP contribution in [0.4, 0.5) is 5.69 Å². The summed E-state index contributed by atoms with van der Waals surface area (Å²) in [6.07, 6.45) is 3.78. The molecule has 1 saturated heterocycles. The minimum Gasteiger partial charge on any atom is -0.369 e. The number of anilines is 1. The molecule has 0 amide bonds. The van der Waals surface area contributed by atoms with Gasteiger partial charge in [0.15, 0.2) is 0 Å². The number of aromatic nitrogens is 2. The lowest BCUT2D eigenvalue weighted by atomic mass is 9.97. The minimum absolute atomic E-state index is 0.0158. The van der Waals surface area contributed by atoms with Crippen LogP contribution in [-0.4, -0.2) is 29.4 Å². The van der Waals surface area contributed by atoms with Crippen molar-refractivity contribution >= 4 is 17.3 Å². The Balaban J connectivity index is 2.23. The van der Waals surface area contributed by atoms with Gasteiger partial charge in [-0.1, -0.05) is 11.6 Å². The van der Waals surface area contributed by atoms with Gasteiger partial charge in [-0.05, 0) is 39.2 Å². The van der Waals surface area contributed by atoms with E-state index in [1.165, 1.54) is 4.68 Å². The zero-order valence-corrected chi connectivity index (χ0v) is 12.2. The molecule has 0 unspecified atom stereocenters. The second kappa shape index (κ2) is 5.92. The van der Waals surface area contributed by atoms with Gasteiger partial charge in [0.1, 0.15) is 5.02 Å². The molecule has 0 aromatic carbocycles. The van der Waals surface area contributed by atoms with Crippen molar-refractivity contribution in [3.05, 3.63) is 21.6 Å². The molecule has 0 radical (unpaired) electrons. The van der Waals surface area contributed by atoms with E-state index in [4.69, 9.17) is 17.3 Å². The summed E-state index contributed by atoms with van der Waals surface area (Å²) in [5.41, 5.74) is 6.22. The van der Waals surface area contributed by atoms with Crippen LogP contribution in [0.25, 0.3) is 0 Å². The van der Waals surface area contributed by atoms with E-state index < -0.39 is 0 Å². The highest BCUT2D eigenvalue weighted by Gasteiger charge is 2.22. The van der Waals surface area contributed by atoms with Gasteiger partial charge in [0.25, 0.3) is 5.56 Å². The van der Waals surface area contributed by atoms with E-state index in [0.29, 0.717) is 5.92 Å². The molecule has 2 N–H and O–H groups in total. The van der Waals surface area contributed by atoms with E-state index in [1.54, 1.807) is 6.20 Å². The Kier molecular flexibility index (Phi) is 4.47. The van der Waals surface area contributed by atoms with Crippen molar-refractivity contribution in [2.24, 2.45) is 11.7 Å². The maximum absolute atomic E-state index is 12.1. The van der Waals surface area contributed by atoms with Gasteiger partial charge in [0.05, 0.1) is 17.9 Å². The Morgan fingerprint density at radius 2 is 2.11 bits per heavy atom. The fourth-order valence-electron chi connectivity index (χ4n) is 2.43. The number of piperidine rings is 1. The Labute approximate surface area is 118 Å². The van der Waals surface area contributed by atoms with Gasteiger partial charge < -0.3 is 10.6 Å². The Hall–Kier alpha value is -1.07. The quantitative estimate of drug-likeness (QED) is 0.917. The minimum atomic E-state index is -0.213. The molecule has 1 fully saturated rings. The molecule has 2 heterocycles. The van der Waals surface area contributed by atoms with Gasteiger partial charge >= 0.3 is 0 Å². The maximum atomic E-state index is 12.1. The average molecular weight is 285 g/mol. The smallest absolute Gasteiger partial charge is 0.287 e. The van der Waals surface area contributed by atoms with Crippen molar-refractivity contribution in [1.29, 1.82) is 0 Å². The van der Waals surface area contributed by atoms with E-state index in [9.17, 15) is 4.79 Å². The van der Waals surface area contributed by atoms with Gasteiger partial charge in [-0.3, -0.25) is 4.79 Å². The Morgan fingerprint density at radius 3 is 2.63 bits per heavy atom. The second-order valence-electron chi connectivity index (χ2n) is 5.35. The fourth-order valence-corrected chi connectivity index (χ4v) is 2.69. The Morgan fingerprint density at radius 1 is 1.47 bits per heavy atom. The number of hydrogen-bond donors (Lipinski definition) is 1. The van der Waals surface area contributed by atoms with Crippen molar-refractivity contribution in [2.75, 3.05) is 24.5 Å². The first-order valence-corrected chi connectivity index (χ1v) is 7.14. The summed E-state index contributed by atoms with van der Waals surface area (Å²) in [6, 6.07) is 0.0158. The zero-order chi connectivity index (χ0) is 14.0. The maximum Gasteiger partial charge on any atom is 0.287 e. The first-order valence-electron chi connectivity index (χ1n) is 6.77. The van der Waals surface area contributed by atoms with Gasteiger partial charge in [-0.25, -0.2) is 4.68 Å². The third-order valence-corrected chi connectivity index (χ3v) is 4.06. The molecule has 2 rings (SSSR count). The molecule has 0 spiro atoms. The number of rotatable bonds is 3. The zero-order valence-electron chi connectivity index (χ0n) is 11.5. The van der Waals surface area contributed by atoms with Crippen LogP contribution in [0.2, 0.25) is 5.02 Å². The highest BCUT2D eigenvalue weighted by atomic mass is 35.5. The number of halogens is 1. The number of nitrogens with two attached hydrogens (primary N) is 1. The SMILES string of the molecule is CC(C)n1ncc(N2CCC(CN)CC2)c(Cl)c1=O. The summed E-state index contributed by atoms with van der Waals surface area (Å²) in [4.78, 5) is 14.2. The van der Waals surface area contributed by atoms with Gasteiger partial charge in [0.2, 0.25) is 0 Å². The Bertz CT molecular complexity index is 492. The molecule has 5 nitrogen and oxygen atoms in total. The topological polar surface area (TPSA) is 64.2 Å². The molecular weight excluding hydrogens is 264 g/mol. The summed E-state index contributed by atoms with van der Waals surface area (Å²) in [7, 11) is 0. The van der Waals surface area contributed by atoms with Crippen molar-refractivity contribution in [2.45, 2.75) is 32.7 Å². The molecule has 19 heavy (non-hydrogen) atoms. The molecule has 0 aliphatic carbocycles. The molecule has 1 aliphatic heterocycles. The van der Waals surface area contributed by atoms with E-state index in [0.717, 1.165) is 38.2 Å². The van der Waals surface area contributed by atoms with Gasteiger partial charge in [-0.2, -0.15) is 5.10 Å². The first-order chi connectivity index (χ1) is 9.04. The predicted octanol–water partition coefficient (Wildman–Crippen LogP) is 1.65. The van der Waals surface area contributed by atoms with E-state index >= 15 is 0 Å². The van der Waals surface area contributed by atoms with E-state index in [2.05, 4.69) is 10.00 Å². The van der Waals surface area contributed by atoms with Crippen LogP contribution in [-0.2, 0) is 0 Å². The molecule has 1 aliphatic rings. The largest absolute Gasteiger partial charge is 0.369 e. The highest BCUT2D eigenvalue weighted by Crippen LogP contribution is 2.26. The predicted molar refractivity (Wildman–Crippen MR) is 77.9 cm³/mol. The summed E-state index contributed by atoms with van der Waals surface area (Å²) < 4.78 is 1.42. The first kappa shape index (κ1) is 14.3. The lowest BCUT2D eigenvalue weighted by molar-refractivity contribution is 0.413. The molecule has 1 aromatic heterocycles. The molecule has 106 valence electrons. The lowest BCUT2D eigenvalue weighted by Gasteiger charge is -2.33. The lowest BCUT2D eigenvalue weighted by Crippen LogP contribution is -2.37. The number of nitrogens with zero attached hydrogens (tertiary/aromatic N) is 3. The molecule has 0 saturated carbocycles. The molecule has 0 bridgehead atoms. The normalized spacial score (nSPS) is 17.2. The monoisotopic (exact) mass is 284 g/mol. The second-order valence-corrected chi connectivity index (χ2v) is 5.73. The van der Waals surface area contributed by atoms with Crippen molar-refractivity contribution in [1.82, 2.24) is 9.78 Å². The molecule has 6 heteroatoms. The van der Waals surface area contributed by atoms with Crippen LogP contribution in [0, 0.1) is 5.92 Å². The summed E-state index contributed by atoms with van der Waals surface area (Å²) in [6.45, 7) is 6.33. The molecule has 1 aromatic rings. The summed E-state index contributed by atoms with van der Waals surface area (Å²) in [5.74, 6) is 0.582. The standard InChI is InChI=1S/C13H21ClN4O/c1-9(2)18-13(19)12(14)11(8-16-18)17-5-3-10(7-15)4-6-17/h8-10H,3-7,15H2,1-2H3. The highest BCUT2D eigenvalue weighted by molar-refractivity contribution is 6.33. The van der Waals surface area contributed by atoms with E-state index in [1.807, 2.05) is 13.8 Å². The van der Waals surface area contributed by atoms with Gasteiger partial charge in [-0.15, -0.1) is 0 Å². The van der Waals surface area contributed by atoms with Crippen molar-refractivity contribution < 1.29 is 0 Å². The third-order valence-electron chi connectivity index (χ3n) is 3.70. The van der Waals surface area contributed by atoms with Crippen LogP contribution in [0.15, 0.2) is 11.0 Å². The summed E-state index contributed by atoms with van der Waals surface area (Å²) >= 11 is 6.21. The summed E-state index contributed by atoms with van der Waals surface area (Å²) in [5, 5.41) is 4.48. The van der Waals surface area contributed by atoms with Crippen molar-refractivity contribution in [3.8, 4) is 0 Å². The molecular formula is C13H21ClN4O. The molecule has 0 atom stereocenters. The van der Waals surface area contributed by atoms with Crippen LogP contribution >= 0.6 is 11.6 Å². The number of hydrogen-bond acceptors (Lipinski definition) is 4. The van der Waals surface area contributed by atoms with E-state index in [-0.39, 0.29) is 16.6 Å². The van der Waals surface area contributed by atoms with Crippen LogP contribution in [0.1, 0.15) is 32.7 Å². The third kappa shape index (κ3) is 2.92. The van der Waals surface area contributed by atoms with Crippen molar-refractivity contribution in [3.63, 3.8) is 0 Å². The average Bonchev–Trinajstić information content (AvgIpc) is 2.41. The van der Waals surface area contributed by atoms with Gasteiger partial charge in [0, 0.05) is 13.1 Å². The fraction of sp³-hybridized carbons (Fsp3) is 0.692. The van der Waals surface area contributed by atoms with Crippen LogP contribution < -0.4 is 16.2 Å².